The van der Waals surface area contributed by atoms with Gasteiger partial charge >= 0.3 is 6.36 Å². The van der Waals surface area contributed by atoms with Gasteiger partial charge in [0.2, 0.25) is 0 Å². The van der Waals surface area contributed by atoms with Gasteiger partial charge < -0.3 is 14.4 Å². The maximum atomic E-state index is 12.5. The number of para-hydroxylation sites is 1. The molecule has 1 aromatic carbocycles. The number of nitrogens with zero attached hydrogens (tertiary/aromatic N) is 1. The Hall–Kier alpha value is -1.76. The molecule has 4 nitrogen and oxygen atoms in total. The van der Waals surface area contributed by atoms with Crippen LogP contribution in [-0.2, 0) is 4.74 Å². The van der Waals surface area contributed by atoms with Crippen molar-refractivity contribution in [2.24, 2.45) is 5.41 Å². The maximum Gasteiger partial charge on any atom is 0.573 e. The first-order chi connectivity index (χ1) is 10.7. The molecule has 1 saturated heterocycles. The number of alkyl halides is 3. The smallest absolute Gasteiger partial charge is 0.405 e. The third-order valence-electron chi connectivity index (χ3n) is 4.01. The maximum absolute atomic E-state index is 12.5. The Balaban J connectivity index is 2.13. The summed E-state index contributed by atoms with van der Waals surface area (Å²) in [6.45, 7) is 3.77. The third kappa shape index (κ3) is 4.86. The minimum absolute atomic E-state index is 0.0945. The molecule has 7 heteroatoms. The first-order valence-electron chi connectivity index (χ1n) is 7.38. The van der Waals surface area contributed by atoms with Crippen molar-refractivity contribution >= 4 is 5.91 Å². The van der Waals surface area contributed by atoms with Gasteiger partial charge in [0.05, 0.1) is 5.56 Å². The van der Waals surface area contributed by atoms with Crippen LogP contribution in [0.15, 0.2) is 24.3 Å². The predicted molar refractivity (Wildman–Crippen MR) is 78.2 cm³/mol. The molecular weight excluding hydrogens is 311 g/mol. The summed E-state index contributed by atoms with van der Waals surface area (Å²) in [5, 5.41) is 0. The van der Waals surface area contributed by atoms with E-state index in [2.05, 4.69) is 11.7 Å². The molecule has 0 unspecified atom stereocenters. The van der Waals surface area contributed by atoms with Crippen LogP contribution < -0.4 is 4.74 Å². The summed E-state index contributed by atoms with van der Waals surface area (Å²) in [4.78, 5) is 14.0. The number of hydrogen-bond donors (Lipinski definition) is 0. The van der Waals surface area contributed by atoms with Gasteiger partial charge in [0.1, 0.15) is 5.75 Å². The second kappa shape index (κ2) is 6.78. The van der Waals surface area contributed by atoms with Crippen molar-refractivity contribution in [1.29, 1.82) is 0 Å². The molecule has 1 amide bonds. The van der Waals surface area contributed by atoms with Crippen LogP contribution >= 0.6 is 0 Å². The molecular formula is C16H20F3NO3. The lowest BCUT2D eigenvalue weighted by Gasteiger charge is -2.37. The Morgan fingerprint density at radius 3 is 2.52 bits per heavy atom. The Kier molecular flexibility index (Phi) is 5.19. The van der Waals surface area contributed by atoms with Gasteiger partial charge in [-0.25, -0.2) is 0 Å². The minimum Gasteiger partial charge on any atom is -0.405 e. The zero-order valence-corrected chi connectivity index (χ0v) is 13.2. The van der Waals surface area contributed by atoms with Gasteiger partial charge in [-0.3, -0.25) is 4.79 Å². The molecule has 1 aromatic rings. The van der Waals surface area contributed by atoms with E-state index in [1.54, 1.807) is 7.05 Å². The molecule has 0 spiro atoms. The van der Waals surface area contributed by atoms with Gasteiger partial charge in [0, 0.05) is 26.8 Å². The Morgan fingerprint density at radius 2 is 1.91 bits per heavy atom. The summed E-state index contributed by atoms with van der Waals surface area (Å²) < 4.78 is 46.6. The van der Waals surface area contributed by atoms with Gasteiger partial charge in [0.25, 0.3) is 5.91 Å². The standard InChI is InChI=1S/C16H20F3NO3/c1-15(7-9-22-10-8-15)11-20(2)14(21)12-5-3-4-6-13(12)23-16(17,18)19/h3-6H,7-11H2,1-2H3. The van der Waals surface area contributed by atoms with Crippen molar-refractivity contribution in [1.82, 2.24) is 4.90 Å². The first-order valence-corrected chi connectivity index (χ1v) is 7.38. The summed E-state index contributed by atoms with van der Waals surface area (Å²) in [6, 6.07) is 5.40. The lowest BCUT2D eigenvalue weighted by Crippen LogP contribution is -2.40. The van der Waals surface area contributed by atoms with E-state index in [4.69, 9.17) is 4.74 Å². The van der Waals surface area contributed by atoms with Crippen molar-refractivity contribution in [2.45, 2.75) is 26.1 Å². The van der Waals surface area contributed by atoms with Gasteiger partial charge in [-0.15, -0.1) is 13.2 Å². The van der Waals surface area contributed by atoms with E-state index < -0.39 is 18.0 Å². The van der Waals surface area contributed by atoms with Crippen LogP contribution in [-0.4, -0.2) is 44.0 Å². The molecule has 0 aliphatic carbocycles. The normalized spacial score (nSPS) is 17.6. The lowest BCUT2D eigenvalue weighted by atomic mass is 9.82. The SMILES string of the molecule is CN(CC1(C)CCOCC1)C(=O)c1ccccc1OC(F)(F)F. The molecule has 1 aliphatic rings. The quantitative estimate of drug-likeness (QED) is 0.848. The molecule has 0 atom stereocenters. The molecule has 1 fully saturated rings. The number of rotatable bonds is 4. The summed E-state index contributed by atoms with van der Waals surface area (Å²) >= 11 is 0. The van der Waals surface area contributed by atoms with Crippen LogP contribution in [0.5, 0.6) is 5.75 Å². The fourth-order valence-electron chi connectivity index (χ4n) is 2.73. The molecule has 2 rings (SSSR count). The monoisotopic (exact) mass is 331 g/mol. The summed E-state index contributed by atoms with van der Waals surface area (Å²) in [5.41, 5.74) is -0.189. The van der Waals surface area contributed by atoms with E-state index >= 15 is 0 Å². The summed E-state index contributed by atoms with van der Waals surface area (Å²) in [7, 11) is 1.59. The molecule has 0 N–H and O–H groups in total. The largest absolute Gasteiger partial charge is 0.573 e. The topological polar surface area (TPSA) is 38.8 Å². The van der Waals surface area contributed by atoms with Crippen LogP contribution in [0.3, 0.4) is 0 Å². The van der Waals surface area contributed by atoms with Crippen LogP contribution in [0.25, 0.3) is 0 Å². The van der Waals surface area contributed by atoms with Crippen molar-refractivity contribution in [3.05, 3.63) is 29.8 Å². The molecule has 128 valence electrons. The van der Waals surface area contributed by atoms with Gasteiger partial charge in [-0.1, -0.05) is 19.1 Å². The number of amides is 1. The second-order valence-corrected chi connectivity index (χ2v) is 6.13. The molecule has 23 heavy (non-hydrogen) atoms. The molecule has 0 bridgehead atoms. The fraction of sp³-hybridized carbons (Fsp3) is 0.562. The van der Waals surface area contributed by atoms with Gasteiger partial charge in [-0.2, -0.15) is 0 Å². The number of benzene rings is 1. The predicted octanol–water partition coefficient (Wildman–Crippen LogP) is 3.47. The molecule has 1 heterocycles. The van der Waals surface area contributed by atoms with Crippen molar-refractivity contribution in [3.8, 4) is 5.75 Å². The molecule has 1 aliphatic heterocycles. The van der Waals surface area contributed by atoms with E-state index in [1.807, 2.05) is 0 Å². The minimum atomic E-state index is -4.83. The van der Waals surface area contributed by atoms with E-state index in [0.717, 1.165) is 18.9 Å². The van der Waals surface area contributed by atoms with Gasteiger partial charge in [-0.05, 0) is 30.4 Å². The molecule has 0 aromatic heterocycles. The van der Waals surface area contributed by atoms with Crippen molar-refractivity contribution in [2.75, 3.05) is 26.8 Å². The Morgan fingerprint density at radius 1 is 1.30 bits per heavy atom. The Bertz CT molecular complexity index is 554. The number of ether oxygens (including phenoxy) is 2. The van der Waals surface area contributed by atoms with Crippen molar-refractivity contribution in [3.63, 3.8) is 0 Å². The van der Waals surface area contributed by atoms with E-state index in [1.165, 1.54) is 23.1 Å². The van der Waals surface area contributed by atoms with E-state index in [9.17, 15) is 18.0 Å². The molecule has 0 saturated carbocycles. The highest BCUT2D eigenvalue weighted by Crippen LogP contribution is 2.32. The summed E-state index contributed by atoms with van der Waals surface area (Å²) in [6.07, 6.45) is -3.21. The highest BCUT2D eigenvalue weighted by atomic mass is 19.4. The average molecular weight is 331 g/mol. The number of hydrogen-bond acceptors (Lipinski definition) is 3. The molecule has 0 radical (unpaired) electrons. The second-order valence-electron chi connectivity index (χ2n) is 6.13. The highest BCUT2D eigenvalue weighted by Gasteiger charge is 2.34. The number of halogens is 3. The third-order valence-corrected chi connectivity index (χ3v) is 4.01. The van der Waals surface area contributed by atoms with Crippen LogP contribution in [0.4, 0.5) is 13.2 Å². The van der Waals surface area contributed by atoms with Crippen molar-refractivity contribution < 1.29 is 27.4 Å². The number of carbonyl (C=O) groups is 1. The summed E-state index contributed by atoms with van der Waals surface area (Å²) in [5.74, 6) is -0.966. The van der Waals surface area contributed by atoms with E-state index in [0.29, 0.717) is 19.8 Å². The van der Waals surface area contributed by atoms with Crippen LogP contribution in [0.2, 0.25) is 0 Å². The van der Waals surface area contributed by atoms with Crippen LogP contribution in [0, 0.1) is 5.41 Å². The average Bonchev–Trinajstić information content (AvgIpc) is 2.45. The zero-order valence-electron chi connectivity index (χ0n) is 13.2. The highest BCUT2D eigenvalue weighted by molar-refractivity contribution is 5.96. The zero-order chi connectivity index (χ0) is 17.1. The number of carbonyl (C=O) groups excluding carboxylic acids is 1. The lowest BCUT2D eigenvalue weighted by molar-refractivity contribution is -0.274. The Labute approximate surface area is 133 Å². The van der Waals surface area contributed by atoms with Crippen LogP contribution in [0.1, 0.15) is 30.1 Å². The first kappa shape index (κ1) is 17.6. The fourth-order valence-corrected chi connectivity index (χ4v) is 2.73. The van der Waals surface area contributed by atoms with E-state index in [-0.39, 0.29) is 11.0 Å². The van der Waals surface area contributed by atoms with Gasteiger partial charge in [0.15, 0.2) is 0 Å².